The molecule has 1 aromatic carbocycles. The van der Waals surface area contributed by atoms with Crippen molar-refractivity contribution in [3.63, 3.8) is 0 Å². The van der Waals surface area contributed by atoms with E-state index >= 15 is 0 Å². The van der Waals surface area contributed by atoms with Crippen LogP contribution >= 0.6 is 0 Å². The van der Waals surface area contributed by atoms with Crippen LogP contribution in [0.1, 0.15) is 19.4 Å². The van der Waals surface area contributed by atoms with E-state index in [1.807, 2.05) is 4.90 Å². The number of carbonyl (C=O) groups excluding carboxylic acids is 2. The molecular formula is C20H28N6O2. The van der Waals surface area contributed by atoms with Gasteiger partial charge in [0.1, 0.15) is 0 Å². The van der Waals surface area contributed by atoms with Crippen LogP contribution in [0, 0.1) is 11.3 Å². The maximum Gasteiger partial charge on any atom is 0.321 e. The molecule has 2 aliphatic heterocycles. The van der Waals surface area contributed by atoms with Gasteiger partial charge in [-0.05, 0) is 32.0 Å². The number of nitrogens with zero attached hydrogens (tertiary/aromatic N) is 4. The topological polar surface area (TPSA) is 91.7 Å². The molecule has 3 amide bonds. The van der Waals surface area contributed by atoms with Crippen LogP contribution in [0.2, 0.25) is 0 Å². The van der Waals surface area contributed by atoms with Gasteiger partial charge in [0.25, 0.3) is 0 Å². The maximum atomic E-state index is 12.8. The van der Waals surface area contributed by atoms with E-state index in [1.54, 1.807) is 29.2 Å². The summed E-state index contributed by atoms with van der Waals surface area (Å²) >= 11 is 0. The first kappa shape index (κ1) is 20.1. The van der Waals surface area contributed by atoms with E-state index in [4.69, 9.17) is 5.26 Å². The van der Waals surface area contributed by atoms with E-state index in [-0.39, 0.29) is 18.0 Å². The molecule has 0 radical (unpaired) electrons. The largest absolute Gasteiger partial charge is 0.338 e. The Bertz CT molecular complexity index is 751. The molecule has 0 bridgehead atoms. The van der Waals surface area contributed by atoms with Crippen molar-refractivity contribution < 1.29 is 9.59 Å². The highest BCUT2D eigenvalue weighted by molar-refractivity contribution is 5.90. The fraction of sp³-hybridized carbons (Fsp3) is 0.550. The molecule has 2 aliphatic rings. The molecule has 28 heavy (non-hydrogen) atoms. The van der Waals surface area contributed by atoms with Crippen molar-refractivity contribution in [2.75, 3.05) is 51.1 Å². The Balaban J connectivity index is 1.50. The molecule has 0 aromatic heterocycles. The molecule has 2 heterocycles. The molecule has 1 aromatic rings. The van der Waals surface area contributed by atoms with E-state index in [0.717, 1.165) is 19.6 Å². The van der Waals surface area contributed by atoms with Gasteiger partial charge in [-0.1, -0.05) is 6.07 Å². The van der Waals surface area contributed by atoms with Crippen molar-refractivity contribution in [1.82, 2.24) is 20.0 Å². The second-order valence-electron chi connectivity index (χ2n) is 7.53. The summed E-state index contributed by atoms with van der Waals surface area (Å²) in [4.78, 5) is 31.2. The first-order valence-electron chi connectivity index (χ1n) is 9.80. The number of carbonyl (C=O) groups is 2. The highest BCUT2D eigenvalue weighted by Crippen LogP contribution is 2.13. The Morgan fingerprint density at radius 3 is 2.57 bits per heavy atom. The van der Waals surface area contributed by atoms with E-state index < -0.39 is 0 Å². The highest BCUT2D eigenvalue weighted by atomic mass is 16.2. The molecule has 8 nitrogen and oxygen atoms in total. The highest BCUT2D eigenvalue weighted by Gasteiger charge is 2.32. The summed E-state index contributed by atoms with van der Waals surface area (Å²) in [5, 5.41) is 15.1. The molecule has 0 unspecified atom stereocenters. The molecule has 2 N–H and O–H groups in total. The summed E-state index contributed by atoms with van der Waals surface area (Å²) in [6.07, 6.45) is 0. The van der Waals surface area contributed by atoms with Crippen LogP contribution in [0.25, 0.3) is 0 Å². The molecule has 0 aliphatic carbocycles. The Kier molecular flexibility index (Phi) is 6.49. The van der Waals surface area contributed by atoms with E-state index in [1.165, 1.54) is 0 Å². The lowest BCUT2D eigenvalue weighted by Crippen LogP contribution is -2.61. The van der Waals surface area contributed by atoms with Crippen LogP contribution in [-0.2, 0) is 4.79 Å². The van der Waals surface area contributed by atoms with E-state index in [0.29, 0.717) is 43.5 Å². The minimum absolute atomic E-state index is 0.118. The SMILES string of the molecule is CC(C)N1CCN[C@@H](C(=O)N2CCN(C(=O)Nc3cccc(C#N)c3)CC2)C1. The monoisotopic (exact) mass is 384 g/mol. The lowest BCUT2D eigenvalue weighted by atomic mass is 10.1. The Morgan fingerprint density at radius 2 is 1.89 bits per heavy atom. The van der Waals surface area contributed by atoms with Gasteiger partial charge >= 0.3 is 6.03 Å². The lowest BCUT2D eigenvalue weighted by Gasteiger charge is -2.40. The van der Waals surface area contributed by atoms with Gasteiger partial charge in [0.15, 0.2) is 0 Å². The molecule has 2 fully saturated rings. The predicted octanol–water partition coefficient (Wildman–Crippen LogP) is 0.917. The zero-order valence-corrected chi connectivity index (χ0v) is 16.5. The number of hydrogen-bond donors (Lipinski definition) is 2. The van der Waals surface area contributed by atoms with Crippen molar-refractivity contribution in [2.24, 2.45) is 0 Å². The number of urea groups is 1. The average molecular weight is 384 g/mol. The van der Waals surface area contributed by atoms with Crippen LogP contribution in [0.15, 0.2) is 24.3 Å². The maximum absolute atomic E-state index is 12.8. The van der Waals surface area contributed by atoms with Crippen LogP contribution in [0.3, 0.4) is 0 Å². The van der Waals surface area contributed by atoms with Crippen LogP contribution in [-0.4, -0.2) is 84.5 Å². The third kappa shape index (κ3) is 4.80. The van der Waals surface area contributed by atoms with Gasteiger partial charge in [-0.2, -0.15) is 5.26 Å². The first-order valence-corrected chi connectivity index (χ1v) is 9.80. The molecular weight excluding hydrogens is 356 g/mol. The minimum Gasteiger partial charge on any atom is -0.338 e. The number of piperazine rings is 2. The predicted molar refractivity (Wildman–Crippen MR) is 107 cm³/mol. The van der Waals surface area contributed by atoms with E-state index in [2.05, 4.69) is 35.5 Å². The number of nitrogens with one attached hydrogen (secondary N) is 2. The Labute approximate surface area is 166 Å². The van der Waals surface area contributed by atoms with Gasteiger partial charge in [0, 0.05) is 57.5 Å². The quantitative estimate of drug-likeness (QED) is 0.809. The normalized spacial score (nSPS) is 20.7. The second kappa shape index (κ2) is 9.04. The lowest BCUT2D eigenvalue weighted by molar-refractivity contribution is -0.136. The number of rotatable bonds is 3. The van der Waals surface area contributed by atoms with Crippen LogP contribution in [0.4, 0.5) is 10.5 Å². The Morgan fingerprint density at radius 1 is 1.18 bits per heavy atom. The molecule has 1 atom stereocenters. The molecule has 3 rings (SSSR count). The summed E-state index contributed by atoms with van der Waals surface area (Å²) < 4.78 is 0. The van der Waals surface area contributed by atoms with Crippen molar-refractivity contribution in [2.45, 2.75) is 25.9 Å². The number of hydrogen-bond acceptors (Lipinski definition) is 5. The number of anilines is 1. The van der Waals surface area contributed by atoms with Crippen molar-refractivity contribution >= 4 is 17.6 Å². The summed E-state index contributed by atoms with van der Waals surface area (Å²) in [5.74, 6) is 0.118. The molecule has 8 heteroatoms. The van der Waals surface area contributed by atoms with Crippen molar-refractivity contribution in [3.8, 4) is 6.07 Å². The first-order chi connectivity index (χ1) is 13.5. The fourth-order valence-electron chi connectivity index (χ4n) is 3.63. The van der Waals surface area contributed by atoms with Crippen molar-refractivity contribution in [3.05, 3.63) is 29.8 Å². The standard InChI is InChI=1S/C20H28N6O2/c1-15(2)26-7-6-22-18(14-26)19(27)24-8-10-25(11-9-24)20(28)23-17-5-3-4-16(12-17)13-21/h3-5,12,15,18,22H,6-11,14H2,1-2H3,(H,23,28)/t18-/m1/s1. The fourth-order valence-corrected chi connectivity index (χ4v) is 3.63. The molecule has 150 valence electrons. The number of amides is 3. The summed E-state index contributed by atoms with van der Waals surface area (Å²) in [7, 11) is 0. The average Bonchev–Trinajstić information content (AvgIpc) is 2.73. The molecule has 0 saturated carbocycles. The van der Waals surface area contributed by atoms with Gasteiger partial charge in [0.2, 0.25) is 5.91 Å². The van der Waals surface area contributed by atoms with Crippen LogP contribution in [0.5, 0.6) is 0 Å². The smallest absolute Gasteiger partial charge is 0.321 e. The second-order valence-corrected chi connectivity index (χ2v) is 7.53. The van der Waals surface area contributed by atoms with Gasteiger partial charge in [0.05, 0.1) is 17.7 Å². The molecule has 2 saturated heterocycles. The minimum atomic E-state index is -0.205. The number of benzene rings is 1. The molecule has 0 spiro atoms. The zero-order valence-electron chi connectivity index (χ0n) is 16.5. The van der Waals surface area contributed by atoms with Crippen molar-refractivity contribution in [1.29, 1.82) is 5.26 Å². The van der Waals surface area contributed by atoms with E-state index in [9.17, 15) is 9.59 Å². The summed E-state index contributed by atoms with van der Waals surface area (Å²) in [6.45, 7) is 8.86. The Hall–Kier alpha value is -2.63. The van der Waals surface area contributed by atoms with Gasteiger partial charge in [-0.25, -0.2) is 4.79 Å². The van der Waals surface area contributed by atoms with Gasteiger partial charge in [-0.15, -0.1) is 0 Å². The third-order valence-corrected chi connectivity index (χ3v) is 5.36. The zero-order chi connectivity index (χ0) is 20.1. The van der Waals surface area contributed by atoms with Gasteiger partial charge in [-0.3, -0.25) is 9.69 Å². The summed E-state index contributed by atoms with van der Waals surface area (Å²) in [6, 6.07) is 8.95. The third-order valence-electron chi connectivity index (χ3n) is 5.36. The number of nitriles is 1. The summed E-state index contributed by atoms with van der Waals surface area (Å²) in [5.41, 5.74) is 1.10. The van der Waals surface area contributed by atoms with Gasteiger partial charge < -0.3 is 20.4 Å². The van der Waals surface area contributed by atoms with Crippen LogP contribution < -0.4 is 10.6 Å².